The summed E-state index contributed by atoms with van der Waals surface area (Å²) >= 11 is 7.91. The van der Waals surface area contributed by atoms with Crippen LogP contribution in [-0.4, -0.2) is 20.5 Å². The maximum absolute atomic E-state index is 12.0. The van der Waals surface area contributed by atoms with Crippen molar-refractivity contribution in [3.63, 3.8) is 0 Å². The Bertz CT molecular complexity index is 1030. The lowest BCUT2D eigenvalue weighted by atomic mass is 9.92. The molecule has 6 heteroatoms. The number of halogens is 1. The van der Waals surface area contributed by atoms with Crippen LogP contribution in [0.3, 0.4) is 0 Å². The lowest BCUT2D eigenvalue weighted by Crippen LogP contribution is -2.05. The zero-order chi connectivity index (χ0) is 19.7. The molecule has 0 amide bonds. The van der Waals surface area contributed by atoms with Crippen molar-refractivity contribution in [3.05, 3.63) is 63.2 Å². The van der Waals surface area contributed by atoms with E-state index in [1.165, 1.54) is 11.1 Å². The zero-order valence-corrected chi connectivity index (χ0v) is 17.7. The second-order valence-corrected chi connectivity index (χ2v) is 8.03. The van der Waals surface area contributed by atoms with E-state index in [-0.39, 0.29) is 5.78 Å². The average molecular weight is 400 g/mol. The predicted molar refractivity (Wildman–Crippen MR) is 112 cm³/mol. The molecule has 0 aliphatic heterocycles. The molecule has 2 aromatic carbocycles. The Morgan fingerprint density at radius 1 is 1.15 bits per heavy atom. The summed E-state index contributed by atoms with van der Waals surface area (Å²) in [5, 5.41) is 10.1. The Hall–Kier alpha value is -2.11. The Labute approximate surface area is 169 Å². The largest absolute Gasteiger partial charge is 0.305 e. The summed E-state index contributed by atoms with van der Waals surface area (Å²) in [7, 11) is 1.94. The van der Waals surface area contributed by atoms with Gasteiger partial charge in [0.15, 0.2) is 16.8 Å². The Morgan fingerprint density at radius 3 is 2.52 bits per heavy atom. The van der Waals surface area contributed by atoms with Gasteiger partial charge in [0.05, 0.1) is 5.02 Å². The maximum atomic E-state index is 12.0. The van der Waals surface area contributed by atoms with E-state index in [9.17, 15) is 4.79 Å². The van der Waals surface area contributed by atoms with Gasteiger partial charge in [0.1, 0.15) is 0 Å². The SMILES string of the molecule is CC(=O)c1c(C)cc(C)c(CSc2nnc(-c3ccccc3Cl)n2C)c1C. The van der Waals surface area contributed by atoms with Gasteiger partial charge in [-0.05, 0) is 62.1 Å². The summed E-state index contributed by atoms with van der Waals surface area (Å²) in [5.74, 6) is 1.58. The van der Waals surface area contributed by atoms with Gasteiger partial charge in [0.25, 0.3) is 0 Å². The molecule has 0 saturated heterocycles. The molecule has 3 aromatic rings. The van der Waals surface area contributed by atoms with Crippen molar-refractivity contribution in [1.29, 1.82) is 0 Å². The van der Waals surface area contributed by atoms with E-state index in [1.807, 2.05) is 49.7 Å². The molecule has 0 saturated carbocycles. The van der Waals surface area contributed by atoms with E-state index in [4.69, 9.17) is 11.6 Å². The molecule has 0 radical (unpaired) electrons. The Balaban J connectivity index is 1.90. The van der Waals surface area contributed by atoms with Crippen LogP contribution in [0.5, 0.6) is 0 Å². The first-order valence-corrected chi connectivity index (χ1v) is 10.0. The summed E-state index contributed by atoms with van der Waals surface area (Å²) in [6, 6.07) is 9.71. The van der Waals surface area contributed by atoms with Gasteiger partial charge in [0, 0.05) is 23.9 Å². The number of carbonyl (C=O) groups is 1. The number of thioether (sulfide) groups is 1. The van der Waals surface area contributed by atoms with E-state index in [0.29, 0.717) is 5.02 Å². The number of rotatable bonds is 5. The first-order valence-electron chi connectivity index (χ1n) is 8.69. The van der Waals surface area contributed by atoms with Crippen molar-refractivity contribution in [3.8, 4) is 11.4 Å². The second kappa shape index (κ2) is 7.87. The molecule has 4 nitrogen and oxygen atoms in total. The van der Waals surface area contributed by atoms with Crippen LogP contribution in [0, 0.1) is 20.8 Å². The molecule has 0 N–H and O–H groups in total. The fourth-order valence-corrected chi connectivity index (χ4v) is 4.76. The molecular formula is C21H22ClN3OS. The first-order chi connectivity index (χ1) is 12.8. The lowest BCUT2D eigenvalue weighted by molar-refractivity contribution is 0.101. The molecule has 0 unspecified atom stereocenters. The van der Waals surface area contributed by atoms with E-state index >= 15 is 0 Å². The Morgan fingerprint density at radius 2 is 1.85 bits per heavy atom. The maximum Gasteiger partial charge on any atom is 0.191 e. The number of Topliss-reactive ketones (excluding diaryl/α,β-unsaturated/α-hetero) is 1. The molecule has 1 aromatic heterocycles. The summed E-state index contributed by atoms with van der Waals surface area (Å²) in [4.78, 5) is 12.0. The van der Waals surface area contributed by atoms with Crippen LogP contribution in [-0.2, 0) is 12.8 Å². The fraction of sp³-hybridized carbons (Fsp3) is 0.286. The van der Waals surface area contributed by atoms with Crippen LogP contribution in [0.2, 0.25) is 5.02 Å². The van der Waals surface area contributed by atoms with Gasteiger partial charge >= 0.3 is 0 Å². The van der Waals surface area contributed by atoms with Gasteiger partial charge in [-0.3, -0.25) is 4.79 Å². The lowest BCUT2D eigenvalue weighted by Gasteiger charge is -2.15. The zero-order valence-electron chi connectivity index (χ0n) is 16.1. The Kier molecular flexibility index (Phi) is 5.72. The van der Waals surface area contributed by atoms with Crippen molar-refractivity contribution in [2.45, 2.75) is 38.6 Å². The molecular weight excluding hydrogens is 378 g/mol. The van der Waals surface area contributed by atoms with Crippen molar-refractivity contribution in [2.75, 3.05) is 0 Å². The van der Waals surface area contributed by atoms with Gasteiger partial charge in [-0.15, -0.1) is 10.2 Å². The molecule has 0 atom stereocenters. The first kappa shape index (κ1) is 19.6. The second-order valence-electron chi connectivity index (χ2n) is 6.68. The highest BCUT2D eigenvalue weighted by molar-refractivity contribution is 7.98. The molecule has 0 spiro atoms. The van der Waals surface area contributed by atoms with Crippen LogP contribution < -0.4 is 0 Å². The number of benzene rings is 2. The van der Waals surface area contributed by atoms with Gasteiger partial charge in [0.2, 0.25) is 0 Å². The minimum atomic E-state index is 0.107. The van der Waals surface area contributed by atoms with Crippen LogP contribution >= 0.6 is 23.4 Å². The van der Waals surface area contributed by atoms with Crippen LogP contribution in [0.1, 0.15) is 39.5 Å². The fourth-order valence-electron chi connectivity index (χ4n) is 3.44. The summed E-state index contributed by atoms with van der Waals surface area (Å²) in [6.07, 6.45) is 0. The minimum absolute atomic E-state index is 0.107. The van der Waals surface area contributed by atoms with Crippen LogP contribution in [0.4, 0.5) is 0 Å². The van der Waals surface area contributed by atoms with Crippen molar-refractivity contribution in [2.24, 2.45) is 7.05 Å². The molecule has 140 valence electrons. The normalized spacial score (nSPS) is 11.0. The molecule has 0 fully saturated rings. The topological polar surface area (TPSA) is 47.8 Å². The highest BCUT2D eigenvalue weighted by Gasteiger charge is 2.17. The van der Waals surface area contributed by atoms with Crippen LogP contribution in [0.25, 0.3) is 11.4 Å². The third kappa shape index (κ3) is 3.80. The van der Waals surface area contributed by atoms with E-state index in [1.54, 1.807) is 18.7 Å². The van der Waals surface area contributed by atoms with Crippen molar-refractivity contribution < 1.29 is 4.79 Å². The van der Waals surface area contributed by atoms with Gasteiger partial charge in [-0.2, -0.15) is 0 Å². The minimum Gasteiger partial charge on any atom is -0.305 e. The quantitative estimate of drug-likeness (QED) is 0.416. The van der Waals surface area contributed by atoms with Gasteiger partial charge in [-0.1, -0.05) is 41.6 Å². The number of hydrogen-bond donors (Lipinski definition) is 0. The smallest absolute Gasteiger partial charge is 0.191 e. The van der Waals surface area contributed by atoms with E-state index in [2.05, 4.69) is 23.2 Å². The van der Waals surface area contributed by atoms with Crippen LogP contribution in [0.15, 0.2) is 35.5 Å². The average Bonchev–Trinajstić information content (AvgIpc) is 2.95. The molecule has 27 heavy (non-hydrogen) atoms. The highest BCUT2D eigenvalue weighted by atomic mass is 35.5. The van der Waals surface area contributed by atoms with Crippen molar-refractivity contribution >= 4 is 29.1 Å². The molecule has 1 heterocycles. The molecule has 3 rings (SSSR count). The third-order valence-corrected chi connectivity index (χ3v) is 6.15. The standard InChI is InChI=1S/C21H22ClN3OS/c1-12-10-13(2)19(15(4)26)14(3)17(12)11-27-21-24-23-20(25(21)5)16-8-6-7-9-18(16)22/h6-10H,11H2,1-5H3. The summed E-state index contributed by atoms with van der Waals surface area (Å²) in [5.41, 5.74) is 6.15. The molecule has 0 aliphatic rings. The molecule has 0 bridgehead atoms. The number of nitrogens with zero attached hydrogens (tertiary/aromatic N) is 3. The number of carbonyl (C=O) groups excluding carboxylic acids is 1. The summed E-state index contributed by atoms with van der Waals surface area (Å²) < 4.78 is 1.95. The number of ketones is 1. The van der Waals surface area contributed by atoms with E-state index < -0.39 is 0 Å². The molecule has 0 aliphatic carbocycles. The number of hydrogen-bond acceptors (Lipinski definition) is 4. The van der Waals surface area contributed by atoms with Gasteiger partial charge < -0.3 is 4.57 Å². The number of aryl methyl sites for hydroxylation is 2. The van der Waals surface area contributed by atoms with Crippen molar-refractivity contribution in [1.82, 2.24) is 14.8 Å². The summed E-state index contributed by atoms with van der Waals surface area (Å²) in [6.45, 7) is 7.73. The van der Waals surface area contributed by atoms with Gasteiger partial charge in [-0.25, -0.2) is 0 Å². The monoisotopic (exact) mass is 399 g/mol. The van der Waals surface area contributed by atoms with E-state index in [0.717, 1.165) is 39.0 Å². The third-order valence-electron chi connectivity index (χ3n) is 4.78. The number of aromatic nitrogens is 3. The predicted octanol–water partition coefficient (Wildman–Crippen LogP) is 5.56. The highest BCUT2D eigenvalue weighted by Crippen LogP contribution is 2.32.